The van der Waals surface area contributed by atoms with Crippen molar-refractivity contribution < 1.29 is 0 Å². The van der Waals surface area contributed by atoms with Crippen molar-refractivity contribution in [2.45, 2.75) is 83.1 Å². The van der Waals surface area contributed by atoms with Gasteiger partial charge in [0.25, 0.3) is 0 Å². The molecule has 0 atom stereocenters. The average molecular weight is 637 g/mol. The van der Waals surface area contributed by atoms with Crippen LogP contribution in [0.4, 0.5) is 0 Å². The van der Waals surface area contributed by atoms with Crippen LogP contribution in [0, 0.1) is 83.1 Å². The molecule has 0 N–H and O–H groups in total. The Morgan fingerprint density at radius 3 is 0.250 bits per heavy atom. The molecule has 6 aromatic carbocycles. The van der Waals surface area contributed by atoms with Crippen LogP contribution in [0.25, 0.3) is 0 Å². The van der Waals surface area contributed by atoms with Gasteiger partial charge in [-0.25, -0.2) is 0 Å². The van der Waals surface area contributed by atoms with E-state index in [2.05, 4.69) is 229 Å². The van der Waals surface area contributed by atoms with Crippen molar-refractivity contribution in [3.05, 3.63) is 212 Å². The summed E-state index contributed by atoms with van der Waals surface area (Å²) >= 11 is 0. The van der Waals surface area contributed by atoms with Gasteiger partial charge in [-0.2, -0.15) is 0 Å². The maximum atomic E-state index is 2.12. The molecule has 0 radical (unpaired) electrons. The number of hydrogen-bond donors (Lipinski definition) is 0. The molecule has 48 heavy (non-hydrogen) atoms. The van der Waals surface area contributed by atoms with Gasteiger partial charge >= 0.3 is 0 Å². The molecule has 0 amide bonds. The lowest BCUT2D eigenvalue weighted by Crippen LogP contribution is -1.74. The largest absolute Gasteiger partial charge is 0.0620 e. The molecule has 0 heterocycles. The van der Waals surface area contributed by atoms with Gasteiger partial charge in [-0.05, 0) is 150 Å². The van der Waals surface area contributed by atoms with Gasteiger partial charge in [0.15, 0.2) is 0 Å². The molecule has 0 bridgehead atoms. The Kier molecular flexibility index (Phi) is 20.3. The minimum Gasteiger partial charge on any atom is -0.0620 e. The van der Waals surface area contributed by atoms with Crippen molar-refractivity contribution in [3.8, 4) is 0 Å². The standard InChI is InChI=1S/6C8H10/c6*1-7-5-3-4-6-8(7)2/h6*3-6H,1-2H3. The molecule has 6 rings (SSSR count). The summed E-state index contributed by atoms with van der Waals surface area (Å²) in [5.74, 6) is 0. The second kappa shape index (κ2) is 23.6. The molecule has 0 aromatic heterocycles. The molecule has 0 spiro atoms. The van der Waals surface area contributed by atoms with E-state index in [9.17, 15) is 0 Å². The van der Waals surface area contributed by atoms with E-state index in [1.807, 2.05) is 0 Å². The lowest BCUT2D eigenvalue weighted by atomic mass is 10.1. The SMILES string of the molecule is Cc1ccccc1C.Cc1ccccc1C.Cc1ccccc1C.Cc1ccccc1C.Cc1ccccc1C.Cc1ccccc1C. The normalized spacial score (nSPS) is 9.25. The Labute approximate surface area is 294 Å². The fourth-order valence-electron chi connectivity index (χ4n) is 3.98. The first-order chi connectivity index (χ1) is 22.8. The topological polar surface area (TPSA) is 0 Å². The molecule has 0 aliphatic carbocycles. The third-order valence-electron chi connectivity index (χ3n) is 8.55. The van der Waals surface area contributed by atoms with Crippen LogP contribution in [0.2, 0.25) is 0 Å². The van der Waals surface area contributed by atoms with Gasteiger partial charge < -0.3 is 0 Å². The Bertz CT molecular complexity index is 1270. The first kappa shape index (κ1) is 41.3. The molecular weight excluding hydrogens is 577 g/mol. The molecule has 0 saturated heterocycles. The van der Waals surface area contributed by atoms with Crippen LogP contribution >= 0.6 is 0 Å². The van der Waals surface area contributed by atoms with Gasteiger partial charge in [0.2, 0.25) is 0 Å². The Morgan fingerprint density at radius 1 is 0.146 bits per heavy atom. The minimum atomic E-state index is 1.37. The van der Waals surface area contributed by atoms with Crippen LogP contribution in [0.15, 0.2) is 146 Å². The fraction of sp³-hybridized carbons (Fsp3) is 0.250. The van der Waals surface area contributed by atoms with Gasteiger partial charge in [0.05, 0.1) is 0 Å². The Morgan fingerprint density at radius 2 is 0.208 bits per heavy atom. The van der Waals surface area contributed by atoms with E-state index in [0.717, 1.165) is 0 Å². The second-order valence-corrected chi connectivity index (χ2v) is 12.5. The highest BCUT2D eigenvalue weighted by Gasteiger charge is 1.87. The molecule has 252 valence electrons. The molecule has 0 aliphatic rings. The van der Waals surface area contributed by atoms with Crippen molar-refractivity contribution in [3.63, 3.8) is 0 Å². The monoisotopic (exact) mass is 636 g/mol. The second-order valence-electron chi connectivity index (χ2n) is 12.5. The Balaban J connectivity index is 0.000000288. The van der Waals surface area contributed by atoms with E-state index < -0.39 is 0 Å². The molecule has 6 aromatic rings. The predicted octanol–water partition coefficient (Wildman–Crippen LogP) is 13.8. The molecule has 0 saturated carbocycles. The van der Waals surface area contributed by atoms with Crippen molar-refractivity contribution in [2.24, 2.45) is 0 Å². The van der Waals surface area contributed by atoms with E-state index in [0.29, 0.717) is 0 Å². The summed E-state index contributed by atoms with van der Waals surface area (Å²) < 4.78 is 0. The summed E-state index contributed by atoms with van der Waals surface area (Å²) in [6.45, 7) is 25.4. The summed E-state index contributed by atoms with van der Waals surface area (Å²) in [7, 11) is 0. The predicted molar refractivity (Wildman–Crippen MR) is 215 cm³/mol. The summed E-state index contributed by atoms with van der Waals surface area (Å²) in [4.78, 5) is 0. The van der Waals surface area contributed by atoms with Crippen LogP contribution in [0.5, 0.6) is 0 Å². The number of rotatable bonds is 0. The van der Waals surface area contributed by atoms with Crippen molar-refractivity contribution >= 4 is 0 Å². The highest BCUT2D eigenvalue weighted by atomic mass is 13.9. The molecular formula is C48H60. The minimum absolute atomic E-state index is 1.37. The lowest BCUT2D eigenvalue weighted by Gasteiger charge is -1.93. The summed E-state index contributed by atoms with van der Waals surface area (Å²) in [6, 6.07) is 50.1. The van der Waals surface area contributed by atoms with Crippen molar-refractivity contribution in [2.75, 3.05) is 0 Å². The van der Waals surface area contributed by atoms with E-state index in [1.54, 1.807) is 0 Å². The highest BCUT2D eigenvalue weighted by molar-refractivity contribution is 5.26. The van der Waals surface area contributed by atoms with E-state index in [4.69, 9.17) is 0 Å². The van der Waals surface area contributed by atoms with Gasteiger partial charge in [-0.3, -0.25) is 0 Å². The first-order valence-corrected chi connectivity index (χ1v) is 17.0. The van der Waals surface area contributed by atoms with E-state index in [1.165, 1.54) is 66.8 Å². The lowest BCUT2D eigenvalue weighted by molar-refractivity contribution is 1.34. The van der Waals surface area contributed by atoms with Crippen LogP contribution in [-0.2, 0) is 0 Å². The molecule has 0 fully saturated rings. The zero-order valence-corrected chi connectivity index (χ0v) is 31.9. The zero-order chi connectivity index (χ0) is 35.9. The molecule has 0 nitrogen and oxygen atoms in total. The average Bonchev–Trinajstić information content (AvgIpc) is 3.07. The highest BCUT2D eigenvalue weighted by Crippen LogP contribution is 2.06. The molecule has 0 aliphatic heterocycles. The molecule has 0 heteroatoms. The van der Waals surface area contributed by atoms with Crippen LogP contribution in [0.3, 0.4) is 0 Å². The number of hydrogen-bond acceptors (Lipinski definition) is 0. The van der Waals surface area contributed by atoms with Crippen LogP contribution in [-0.4, -0.2) is 0 Å². The zero-order valence-electron chi connectivity index (χ0n) is 31.9. The first-order valence-electron chi connectivity index (χ1n) is 17.0. The van der Waals surface area contributed by atoms with Crippen molar-refractivity contribution in [1.29, 1.82) is 0 Å². The number of aryl methyl sites for hydroxylation is 12. The Hall–Kier alpha value is -4.68. The smallest absolute Gasteiger partial charge is 0.0395 e. The fourth-order valence-corrected chi connectivity index (χ4v) is 3.98. The quantitative estimate of drug-likeness (QED) is 0.156. The maximum absolute atomic E-state index is 2.12. The summed E-state index contributed by atoms with van der Waals surface area (Å²) in [6.07, 6.45) is 0. The maximum Gasteiger partial charge on any atom is -0.0395 e. The van der Waals surface area contributed by atoms with E-state index in [-0.39, 0.29) is 0 Å². The van der Waals surface area contributed by atoms with Gasteiger partial charge in [-0.15, -0.1) is 0 Å². The number of benzene rings is 6. The van der Waals surface area contributed by atoms with Crippen LogP contribution in [0.1, 0.15) is 66.8 Å². The van der Waals surface area contributed by atoms with Crippen LogP contribution < -0.4 is 0 Å². The van der Waals surface area contributed by atoms with Gasteiger partial charge in [0, 0.05) is 0 Å². The third-order valence-corrected chi connectivity index (χ3v) is 8.55. The van der Waals surface area contributed by atoms with Crippen molar-refractivity contribution in [1.82, 2.24) is 0 Å². The van der Waals surface area contributed by atoms with Gasteiger partial charge in [-0.1, -0.05) is 146 Å². The summed E-state index contributed by atoms with van der Waals surface area (Å²) in [5.41, 5.74) is 16.4. The summed E-state index contributed by atoms with van der Waals surface area (Å²) in [5, 5.41) is 0. The molecule has 0 unspecified atom stereocenters. The van der Waals surface area contributed by atoms with E-state index >= 15 is 0 Å². The third kappa shape index (κ3) is 17.9. The van der Waals surface area contributed by atoms with Gasteiger partial charge in [0.1, 0.15) is 0 Å².